The molecular formula is C14H18F2N2O4. The molecule has 0 radical (unpaired) electrons. The van der Waals surface area contributed by atoms with E-state index in [0.29, 0.717) is 6.07 Å². The Balaban J connectivity index is 2.40. The van der Waals surface area contributed by atoms with Gasteiger partial charge in [0, 0.05) is 19.7 Å². The van der Waals surface area contributed by atoms with Gasteiger partial charge in [-0.1, -0.05) is 0 Å². The minimum absolute atomic E-state index is 0.0128. The number of nitrogens with zero attached hydrogens (tertiary/aromatic N) is 1. The molecule has 0 spiro atoms. The number of ether oxygens (including phenoxy) is 1. The van der Waals surface area contributed by atoms with Gasteiger partial charge < -0.3 is 20.1 Å². The summed E-state index contributed by atoms with van der Waals surface area (Å²) in [6.07, 6.45) is -0.157. The van der Waals surface area contributed by atoms with Gasteiger partial charge in [0.05, 0.1) is 12.5 Å². The van der Waals surface area contributed by atoms with E-state index in [1.54, 1.807) is 6.92 Å². The molecule has 1 unspecified atom stereocenters. The Morgan fingerprint density at radius 2 is 2.09 bits per heavy atom. The Kier molecular flexibility index (Phi) is 6.55. The number of rotatable bonds is 7. The second-order valence-corrected chi connectivity index (χ2v) is 4.80. The van der Waals surface area contributed by atoms with Crippen molar-refractivity contribution in [3.63, 3.8) is 0 Å². The number of benzene rings is 1. The minimum atomic E-state index is -0.997. The lowest BCUT2D eigenvalue weighted by molar-refractivity contribution is -0.137. The van der Waals surface area contributed by atoms with E-state index >= 15 is 0 Å². The maximum atomic E-state index is 13.4. The van der Waals surface area contributed by atoms with Crippen molar-refractivity contribution < 1.29 is 28.2 Å². The molecule has 0 aliphatic heterocycles. The molecule has 0 aromatic heterocycles. The molecular weight excluding hydrogens is 298 g/mol. The highest BCUT2D eigenvalue weighted by Crippen LogP contribution is 2.17. The molecule has 1 aromatic carbocycles. The number of amides is 2. The van der Waals surface area contributed by atoms with E-state index in [4.69, 9.17) is 9.84 Å². The van der Waals surface area contributed by atoms with Crippen LogP contribution in [0.5, 0.6) is 5.75 Å². The topological polar surface area (TPSA) is 78.9 Å². The average molecular weight is 316 g/mol. The molecule has 1 aromatic rings. The summed E-state index contributed by atoms with van der Waals surface area (Å²) < 4.78 is 31.3. The smallest absolute Gasteiger partial charge is 0.317 e. The number of nitrogens with one attached hydrogen (secondary N) is 1. The zero-order chi connectivity index (χ0) is 16.7. The monoisotopic (exact) mass is 316 g/mol. The van der Waals surface area contributed by atoms with Crippen LogP contribution in [0, 0.1) is 11.6 Å². The first-order valence-corrected chi connectivity index (χ1v) is 6.61. The van der Waals surface area contributed by atoms with Gasteiger partial charge in [0.2, 0.25) is 0 Å². The standard InChI is InChI=1S/C14H18F2N2O4/c1-9(17-14(21)18(2)6-5-13(19)20)8-22-12-4-3-10(15)7-11(12)16/h3-4,7,9H,5-6,8H2,1-2H3,(H,17,21)(H,19,20). The largest absolute Gasteiger partial charge is 0.488 e. The van der Waals surface area contributed by atoms with Crippen LogP contribution in [0.15, 0.2) is 18.2 Å². The number of halogens is 2. The van der Waals surface area contributed by atoms with Crippen molar-refractivity contribution in [2.24, 2.45) is 0 Å². The third-order valence-electron chi connectivity index (χ3n) is 2.76. The van der Waals surface area contributed by atoms with Gasteiger partial charge in [0.15, 0.2) is 11.6 Å². The fraction of sp³-hybridized carbons (Fsp3) is 0.429. The molecule has 0 bridgehead atoms. The summed E-state index contributed by atoms with van der Waals surface area (Å²) in [5, 5.41) is 11.1. The van der Waals surface area contributed by atoms with Crippen molar-refractivity contribution in [2.75, 3.05) is 20.2 Å². The van der Waals surface area contributed by atoms with E-state index in [9.17, 15) is 18.4 Å². The normalized spacial score (nSPS) is 11.6. The third kappa shape index (κ3) is 5.94. The Bertz CT molecular complexity index is 540. The molecule has 0 aliphatic rings. The van der Waals surface area contributed by atoms with Crippen LogP contribution in [0.25, 0.3) is 0 Å². The molecule has 0 saturated heterocycles. The lowest BCUT2D eigenvalue weighted by Crippen LogP contribution is -2.44. The average Bonchev–Trinajstić information content (AvgIpc) is 2.43. The first-order chi connectivity index (χ1) is 10.3. The molecule has 0 aliphatic carbocycles. The van der Waals surface area contributed by atoms with Crippen molar-refractivity contribution in [1.82, 2.24) is 10.2 Å². The SMILES string of the molecule is CC(COc1ccc(F)cc1F)NC(=O)N(C)CCC(=O)O. The Morgan fingerprint density at radius 1 is 1.41 bits per heavy atom. The summed E-state index contributed by atoms with van der Waals surface area (Å²) >= 11 is 0. The second kappa shape index (κ2) is 8.16. The van der Waals surface area contributed by atoms with E-state index < -0.39 is 29.7 Å². The summed E-state index contributed by atoms with van der Waals surface area (Å²) in [5.74, 6) is -2.63. The molecule has 22 heavy (non-hydrogen) atoms. The Hall–Kier alpha value is -2.38. The fourth-order valence-electron chi connectivity index (χ4n) is 1.53. The number of carbonyl (C=O) groups excluding carboxylic acids is 1. The maximum absolute atomic E-state index is 13.4. The highest BCUT2D eigenvalue weighted by Gasteiger charge is 2.14. The van der Waals surface area contributed by atoms with Crippen LogP contribution in [0.4, 0.5) is 13.6 Å². The van der Waals surface area contributed by atoms with E-state index in [2.05, 4.69) is 5.32 Å². The van der Waals surface area contributed by atoms with Crippen LogP contribution in [0.2, 0.25) is 0 Å². The van der Waals surface area contributed by atoms with Crippen LogP contribution in [-0.4, -0.2) is 48.2 Å². The lowest BCUT2D eigenvalue weighted by Gasteiger charge is -2.21. The van der Waals surface area contributed by atoms with Crippen molar-refractivity contribution in [3.05, 3.63) is 29.8 Å². The predicted octanol–water partition coefficient (Wildman–Crippen LogP) is 1.85. The summed E-state index contributed by atoms with van der Waals surface area (Å²) in [6.45, 7) is 1.70. The zero-order valence-electron chi connectivity index (χ0n) is 12.3. The number of carbonyl (C=O) groups is 2. The molecule has 6 nitrogen and oxygen atoms in total. The molecule has 8 heteroatoms. The molecule has 2 amide bonds. The van der Waals surface area contributed by atoms with Gasteiger partial charge >= 0.3 is 12.0 Å². The molecule has 122 valence electrons. The fourth-order valence-corrected chi connectivity index (χ4v) is 1.53. The summed E-state index contributed by atoms with van der Waals surface area (Å²) in [5.41, 5.74) is 0. The van der Waals surface area contributed by atoms with Crippen LogP contribution >= 0.6 is 0 Å². The Labute approximate surface area is 126 Å². The first-order valence-electron chi connectivity index (χ1n) is 6.61. The van der Waals surface area contributed by atoms with E-state index in [1.165, 1.54) is 11.9 Å². The van der Waals surface area contributed by atoms with Crippen molar-refractivity contribution >= 4 is 12.0 Å². The van der Waals surface area contributed by atoms with Gasteiger partial charge in [-0.2, -0.15) is 0 Å². The highest BCUT2D eigenvalue weighted by molar-refractivity contribution is 5.75. The van der Waals surface area contributed by atoms with E-state index in [0.717, 1.165) is 12.1 Å². The molecule has 1 atom stereocenters. The van der Waals surface area contributed by atoms with Gasteiger partial charge in [-0.15, -0.1) is 0 Å². The predicted molar refractivity (Wildman–Crippen MR) is 74.7 cm³/mol. The highest BCUT2D eigenvalue weighted by atomic mass is 19.1. The van der Waals surface area contributed by atoms with Crippen LogP contribution in [0.3, 0.4) is 0 Å². The van der Waals surface area contributed by atoms with Crippen LogP contribution in [-0.2, 0) is 4.79 Å². The summed E-state index contributed by atoms with van der Waals surface area (Å²) in [6, 6.07) is 2.04. The van der Waals surface area contributed by atoms with Crippen LogP contribution < -0.4 is 10.1 Å². The molecule has 2 N–H and O–H groups in total. The van der Waals surface area contributed by atoms with E-state index in [-0.39, 0.29) is 25.3 Å². The van der Waals surface area contributed by atoms with Gasteiger partial charge in [-0.25, -0.2) is 13.6 Å². The first kappa shape index (κ1) is 17.7. The van der Waals surface area contributed by atoms with Crippen molar-refractivity contribution in [2.45, 2.75) is 19.4 Å². The number of hydrogen-bond acceptors (Lipinski definition) is 3. The number of urea groups is 1. The van der Waals surface area contributed by atoms with Crippen LogP contribution in [0.1, 0.15) is 13.3 Å². The van der Waals surface area contributed by atoms with Gasteiger partial charge in [0.25, 0.3) is 0 Å². The zero-order valence-corrected chi connectivity index (χ0v) is 12.3. The summed E-state index contributed by atoms with van der Waals surface area (Å²) in [7, 11) is 1.46. The maximum Gasteiger partial charge on any atom is 0.317 e. The number of carboxylic acid groups (broad SMARTS) is 1. The number of carboxylic acids is 1. The van der Waals surface area contributed by atoms with Crippen molar-refractivity contribution in [1.29, 1.82) is 0 Å². The lowest BCUT2D eigenvalue weighted by atomic mass is 10.3. The third-order valence-corrected chi connectivity index (χ3v) is 2.76. The molecule has 1 rings (SSSR count). The van der Waals surface area contributed by atoms with Gasteiger partial charge in [-0.05, 0) is 19.1 Å². The summed E-state index contributed by atoms with van der Waals surface area (Å²) in [4.78, 5) is 23.4. The van der Waals surface area contributed by atoms with E-state index in [1.807, 2.05) is 0 Å². The second-order valence-electron chi connectivity index (χ2n) is 4.80. The van der Waals surface area contributed by atoms with Gasteiger partial charge in [-0.3, -0.25) is 4.79 Å². The molecule has 0 saturated carbocycles. The molecule has 0 heterocycles. The molecule has 0 fully saturated rings. The Morgan fingerprint density at radius 3 is 2.68 bits per heavy atom. The van der Waals surface area contributed by atoms with Crippen molar-refractivity contribution in [3.8, 4) is 5.75 Å². The number of hydrogen-bond donors (Lipinski definition) is 2. The quantitative estimate of drug-likeness (QED) is 0.804. The van der Waals surface area contributed by atoms with Gasteiger partial charge in [0.1, 0.15) is 12.4 Å². The number of aliphatic carboxylic acids is 1. The minimum Gasteiger partial charge on any atom is -0.488 e.